The fraction of sp³-hybridized carbons (Fsp3) is 0.421. The number of aromatic nitrogens is 2. The lowest BCUT2D eigenvalue weighted by atomic mass is 10.2. The predicted octanol–water partition coefficient (Wildman–Crippen LogP) is 2.67. The van der Waals surface area contributed by atoms with Crippen LogP contribution in [0.4, 0.5) is 5.82 Å². The van der Waals surface area contributed by atoms with Gasteiger partial charge in [0.25, 0.3) is 5.91 Å². The van der Waals surface area contributed by atoms with Crippen molar-refractivity contribution in [2.45, 2.75) is 32.9 Å². The third-order valence-corrected chi connectivity index (χ3v) is 3.96. The van der Waals surface area contributed by atoms with Crippen molar-refractivity contribution >= 4 is 17.7 Å². The number of methoxy groups -OCH3 is 3. The van der Waals surface area contributed by atoms with Crippen molar-refractivity contribution in [3.63, 3.8) is 0 Å². The van der Waals surface area contributed by atoms with E-state index in [1.165, 1.54) is 40.4 Å². The van der Waals surface area contributed by atoms with E-state index in [-0.39, 0.29) is 11.6 Å². The fourth-order valence-corrected chi connectivity index (χ4v) is 2.53. The standard InChI is InChI=1S/C19H25N3O6/c1-11(2)22-16(7-8-20-22)21-18(23)12(3)28-19(24)13-9-14(25-4)17(27-6)15(10-13)26-5/h7-12H,1-6H3,(H,21,23)/t12-/m0/s1. The Morgan fingerprint density at radius 2 is 1.64 bits per heavy atom. The van der Waals surface area contributed by atoms with Gasteiger partial charge in [0.1, 0.15) is 5.82 Å². The maximum Gasteiger partial charge on any atom is 0.339 e. The molecule has 9 nitrogen and oxygen atoms in total. The normalized spacial score (nSPS) is 11.7. The van der Waals surface area contributed by atoms with Crippen LogP contribution >= 0.6 is 0 Å². The summed E-state index contributed by atoms with van der Waals surface area (Å²) < 4.78 is 22.6. The average Bonchev–Trinajstić information content (AvgIpc) is 3.14. The molecule has 0 saturated carbocycles. The smallest absolute Gasteiger partial charge is 0.339 e. The summed E-state index contributed by atoms with van der Waals surface area (Å²) in [5.41, 5.74) is 0.168. The summed E-state index contributed by atoms with van der Waals surface area (Å²) in [6, 6.07) is 4.66. The zero-order valence-corrected chi connectivity index (χ0v) is 16.8. The monoisotopic (exact) mass is 391 g/mol. The zero-order valence-electron chi connectivity index (χ0n) is 16.8. The first-order valence-corrected chi connectivity index (χ1v) is 8.67. The highest BCUT2D eigenvalue weighted by Gasteiger charge is 2.23. The molecule has 1 N–H and O–H groups in total. The Kier molecular flexibility index (Phi) is 6.86. The van der Waals surface area contributed by atoms with Gasteiger partial charge in [-0.15, -0.1) is 0 Å². The van der Waals surface area contributed by atoms with Gasteiger partial charge in [0, 0.05) is 12.1 Å². The third-order valence-electron chi connectivity index (χ3n) is 3.96. The third kappa shape index (κ3) is 4.54. The van der Waals surface area contributed by atoms with Crippen molar-refractivity contribution in [2.24, 2.45) is 0 Å². The Morgan fingerprint density at radius 1 is 1.04 bits per heavy atom. The van der Waals surface area contributed by atoms with Crippen LogP contribution in [0, 0.1) is 0 Å². The molecule has 152 valence electrons. The van der Waals surface area contributed by atoms with E-state index < -0.39 is 18.0 Å². The highest BCUT2D eigenvalue weighted by Crippen LogP contribution is 2.38. The summed E-state index contributed by atoms with van der Waals surface area (Å²) in [5.74, 6) is 0.339. The zero-order chi connectivity index (χ0) is 20.8. The Hall–Kier alpha value is -3.23. The van der Waals surface area contributed by atoms with Gasteiger partial charge in [-0.2, -0.15) is 5.10 Å². The molecule has 0 aliphatic heterocycles. The molecule has 2 aromatic rings. The lowest BCUT2D eigenvalue weighted by Gasteiger charge is -2.17. The summed E-state index contributed by atoms with van der Waals surface area (Å²) in [7, 11) is 4.35. The summed E-state index contributed by atoms with van der Waals surface area (Å²) in [5, 5.41) is 6.85. The molecule has 0 fully saturated rings. The van der Waals surface area contributed by atoms with Crippen molar-refractivity contribution in [2.75, 3.05) is 26.6 Å². The average molecular weight is 391 g/mol. The summed E-state index contributed by atoms with van der Waals surface area (Å²) in [6.07, 6.45) is 0.560. The second kappa shape index (κ2) is 9.12. The first kappa shape index (κ1) is 21.1. The molecule has 9 heteroatoms. The van der Waals surface area contributed by atoms with Gasteiger partial charge >= 0.3 is 5.97 Å². The number of anilines is 1. The maximum atomic E-state index is 12.5. The number of carbonyl (C=O) groups is 2. The van der Waals surface area contributed by atoms with Gasteiger partial charge in [-0.05, 0) is 32.9 Å². The predicted molar refractivity (Wildman–Crippen MR) is 102 cm³/mol. The molecule has 2 rings (SSSR count). The Bertz CT molecular complexity index is 821. The quantitative estimate of drug-likeness (QED) is 0.690. The van der Waals surface area contributed by atoms with Gasteiger partial charge in [-0.3, -0.25) is 4.79 Å². The molecule has 1 heterocycles. The lowest BCUT2D eigenvalue weighted by molar-refractivity contribution is -0.123. The highest BCUT2D eigenvalue weighted by molar-refractivity contribution is 5.97. The number of hydrogen-bond donors (Lipinski definition) is 1. The minimum atomic E-state index is -1.03. The number of esters is 1. The van der Waals surface area contributed by atoms with Gasteiger partial charge in [-0.25, -0.2) is 9.48 Å². The Morgan fingerprint density at radius 3 is 2.14 bits per heavy atom. The molecular formula is C19H25N3O6. The topological polar surface area (TPSA) is 101 Å². The van der Waals surface area contributed by atoms with Gasteiger partial charge in [-0.1, -0.05) is 0 Å². The molecule has 1 aromatic heterocycles. The van der Waals surface area contributed by atoms with E-state index >= 15 is 0 Å². The number of amides is 1. The molecule has 0 spiro atoms. The van der Waals surface area contributed by atoms with Crippen LogP contribution in [-0.4, -0.2) is 49.1 Å². The molecule has 1 atom stereocenters. The minimum Gasteiger partial charge on any atom is -0.493 e. The number of benzene rings is 1. The number of hydrogen-bond acceptors (Lipinski definition) is 7. The number of rotatable bonds is 8. The number of nitrogens with one attached hydrogen (secondary N) is 1. The highest BCUT2D eigenvalue weighted by atomic mass is 16.5. The molecule has 0 aliphatic rings. The van der Waals surface area contributed by atoms with E-state index in [9.17, 15) is 9.59 Å². The van der Waals surface area contributed by atoms with Crippen LogP contribution < -0.4 is 19.5 Å². The van der Waals surface area contributed by atoms with E-state index in [0.29, 0.717) is 23.1 Å². The molecule has 0 radical (unpaired) electrons. The van der Waals surface area contributed by atoms with Crippen LogP contribution in [0.2, 0.25) is 0 Å². The van der Waals surface area contributed by atoms with Gasteiger partial charge in [0.05, 0.1) is 33.1 Å². The maximum absolute atomic E-state index is 12.5. The number of carbonyl (C=O) groups excluding carboxylic acids is 2. The summed E-state index contributed by atoms with van der Waals surface area (Å²) in [6.45, 7) is 5.37. The molecule has 0 saturated heterocycles. The van der Waals surface area contributed by atoms with Crippen molar-refractivity contribution < 1.29 is 28.5 Å². The molecule has 28 heavy (non-hydrogen) atoms. The van der Waals surface area contributed by atoms with Crippen molar-refractivity contribution in [3.05, 3.63) is 30.0 Å². The second-order valence-electron chi connectivity index (χ2n) is 6.21. The first-order valence-electron chi connectivity index (χ1n) is 8.67. The van der Waals surface area contributed by atoms with Gasteiger partial charge in [0.15, 0.2) is 17.6 Å². The molecular weight excluding hydrogens is 366 g/mol. The van der Waals surface area contributed by atoms with E-state index in [1.54, 1.807) is 16.9 Å². The van der Waals surface area contributed by atoms with Crippen LogP contribution in [0.25, 0.3) is 0 Å². The van der Waals surface area contributed by atoms with Gasteiger partial charge in [0.2, 0.25) is 5.75 Å². The van der Waals surface area contributed by atoms with Gasteiger partial charge < -0.3 is 24.3 Å². The van der Waals surface area contributed by atoms with Crippen LogP contribution in [0.15, 0.2) is 24.4 Å². The second-order valence-corrected chi connectivity index (χ2v) is 6.21. The van der Waals surface area contributed by atoms with Crippen LogP contribution in [0.1, 0.15) is 37.2 Å². The van der Waals surface area contributed by atoms with E-state index in [2.05, 4.69) is 10.4 Å². The minimum absolute atomic E-state index is 0.0717. The number of nitrogens with zero attached hydrogens (tertiary/aromatic N) is 2. The summed E-state index contributed by atoms with van der Waals surface area (Å²) >= 11 is 0. The van der Waals surface area contributed by atoms with Crippen LogP contribution in [-0.2, 0) is 9.53 Å². The summed E-state index contributed by atoms with van der Waals surface area (Å²) in [4.78, 5) is 24.9. The van der Waals surface area contributed by atoms with Crippen LogP contribution in [0.5, 0.6) is 17.2 Å². The molecule has 1 aromatic carbocycles. The molecule has 1 amide bonds. The first-order chi connectivity index (χ1) is 13.3. The van der Waals surface area contributed by atoms with E-state index in [4.69, 9.17) is 18.9 Å². The van der Waals surface area contributed by atoms with Crippen molar-refractivity contribution in [1.29, 1.82) is 0 Å². The largest absolute Gasteiger partial charge is 0.493 e. The molecule has 0 unspecified atom stereocenters. The van der Waals surface area contributed by atoms with Crippen molar-refractivity contribution in [1.82, 2.24) is 9.78 Å². The molecule has 0 aliphatic carbocycles. The lowest BCUT2D eigenvalue weighted by Crippen LogP contribution is -2.31. The van der Waals surface area contributed by atoms with E-state index in [1.807, 2.05) is 13.8 Å². The SMILES string of the molecule is COc1cc(C(=O)O[C@@H](C)C(=O)Nc2ccnn2C(C)C)cc(OC)c1OC. The number of ether oxygens (including phenoxy) is 4. The van der Waals surface area contributed by atoms with Crippen molar-refractivity contribution in [3.8, 4) is 17.2 Å². The van der Waals surface area contributed by atoms with E-state index in [0.717, 1.165) is 0 Å². The Labute approximate surface area is 163 Å². The molecule has 0 bridgehead atoms. The van der Waals surface area contributed by atoms with Crippen LogP contribution in [0.3, 0.4) is 0 Å². The fourth-order valence-electron chi connectivity index (χ4n) is 2.53. The Balaban J connectivity index is 2.13.